The van der Waals surface area contributed by atoms with Gasteiger partial charge in [-0.25, -0.2) is 4.98 Å². The number of aromatic nitrogens is 1. The topological polar surface area (TPSA) is 46.3 Å². The molecule has 96 valence electrons. The number of hydrogen-bond donors (Lipinski definition) is 0. The number of hydrogen-bond acceptors (Lipinski definition) is 4. The minimum atomic E-state index is 0.242. The SMILES string of the molecule is CC(=O)CCCN(C)c1ccc2oc(C)nc2c1. The number of nitrogens with zero attached hydrogens (tertiary/aromatic N) is 2. The number of fused-ring (bicyclic) bond motifs is 1. The highest BCUT2D eigenvalue weighted by atomic mass is 16.3. The van der Waals surface area contributed by atoms with E-state index in [1.54, 1.807) is 6.92 Å². The van der Waals surface area contributed by atoms with Crippen molar-refractivity contribution in [3.05, 3.63) is 24.1 Å². The zero-order valence-corrected chi connectivity index (χ0v) is 11.1. The molecule has 1 aromatic carbocycles. The smallest absolute Gasteiger partial charge is 0.192 e. The summed E-state index contributed by atoms with van der Waals surface area (Å²) in [6, 6.07) is 5.96. The molecule has 2 aromatic rings. The molecule has 0 aliphatic heterocycles. The summed E-state index contributed by atoms with van der Waals surface area (Å²) >= 11 is 0. The third-order valence-corrected chi connectivity index (χ3v) is 2.94. The molecule has 0 amide bonds. The Labute approximate surface area is 107 Å². The van der Waals surface area contributed by atoms with Crippen molar-refractivity contribution in [3.63, 3.8) is 0 Å². The van der Waals surface area contributed by atoms with Crippen molar-refractivity contribution in [1.82, 2.24) is 4.98 Å². The summed E-state index contributed by atoms with van der Waals surface area (Å²) in [5, 5.41) is 0. The lowest BCUT2D eigenvalue weighted by molar-refractivity contribution is -0.117. The Kier molecular flexibility index (Phi) is 3.65. The van der Waals surface area contributed by atoms with Crippen LogP contribution in [0.1, 0.15) is 25.7 Å². The van der Waals surface area contributed by atoms with E-state index in [1.807, 2.05) is 32.2 Å². The summed E-state index contributed by atoms with van der Waals surface area (Å²) in [4.78, 5) is 17.3. The first-order chi connectivity index (χ1) is 8.56. The van der Waals surface area contributed by atoms with Crippen molar-refractivity contribution < 1.29 is 9.21 Å². The van der Waals surface area contributed by atoms with Gasteiger partial charge in [0.15, 0.2) is 11.5 Å². The molecule has 1 aromatic heterocycles. The van der Waals surface area contributed by atoms with E-state index in [4.69, 9.17) is 4.42 Å². The molecule has 0 fully saturated rings. The van der Waals surface area contributed by atoms with Gasteiger partial charge in [-0.3, -0.25) is 0 Å². The largest absolute Gasteiger partial charge is 0.441 e. The quantitative estimate of drug-likeness (QED) is 0.813. The molecule has 0 aliphatic carbocycles. The first-order valence-electron chi connectivity index (χ1n) is 6.14. The van der Waals surface area contributed by atoms with Crippen LogP contribution < -0.4 is 4.90 Å². The monoisotopic (exact) mass is 246 g/mol. The van der Waals surface area contributed by atoms with Crippen LogP contribution >= 0.6 is 0 Å². The van der Waals surface area contributed by atoms with Gasteiger partial charge in [0.1, 0.15) is 11.3 Å². The molecule has 0 spiro atoms. The fraction of sp³-hybridized carbons (Fsp3) is 0.429. The Morgan fingerprint density at radius 2 is 2.22 bits per heavy atom. The molecule has 0 radical (unpaired) electrons. The lowest BCUT2D eigenvalue weighted by Gasteiger charge is -2.18. The molecular formula is C14H18N2O2. The predicted molar refractivity (Wildman–Crippen MR) is 71.9 cm³/mol. The third-order valence-electron chi connectivity index (χ3n) is 2.94. The molecule has 0 saturated heterocycles. The number of oxazole rings is 1. The van der Waals surface area contributed by atoms with Crippen LogP contribution in [0, 0.1) is 6.92 Å². The molecule has 18 heavy (non-hydrogen) atoms. The normalized spacial score (nSPS) is 10.8. The van der Waals surface area contributed by atoms with E-state index in [0.29, 0.717) is 12.3 Å². The van der Waals surface area contributed by atoms with E-state index in [2.05, 4.69) is 9.88 Å². The van der Waals surface area contributed by atoms with Gasteiger partial charge >= 0.3 is 0 Å². The molecule has 0 unspecified atom stereocenters. The van der Waals surface area contributed by atoms with Crippen LogP contribution in [0.2, 0.25) is 0 Å². The Morgan fingerprint density at radius 1 is 1.44 bits per heavy atom. The number of rotatable bonds is 5. The predicted octanol–water partition coefficient (Wildman–Crippen LogP) is 2.94. The second-order valence-electron chi connectivity index (χ2n) is 4.61. The molecular weight excluding hydrogens is 228 g/mol. The number of Topliss-reactive ketones (excluding diaryl/α,β-unsaturated/α-hetero) is 1. The summed E-state index contributed by atoms with van der Waals surface area (Å²) in [7, 11) is 2.02. The standard InChI is InChI=1S/C14H18N2O2/c1-10(17)5-4-8-16(3)12-6-7-14-13(9-12)15-11(2)18-14/h6-7,9H,4-5,8H2,1-3H3. The van der Waals surface area contributed by atoms with Crippen LogP contribution in [0.25, 0.3) is 11.1 Å². The van der Waals surface area contributed by atoms with Crippen LogP contribution in [0.4, 0.5) is 5.69 Å². The number of ketones is 1. The van der Waals surface area contributed by atoms with E-state index in [0.717, 1.165) is 29.8 Å². The lowest BCUT2D eigenvalue weighted by Crippen LogP contribution is -2.18. The van der Waals surface area contributed by atoms with Crippen LogP contribution in [0.15, 0.2) is 22.6 Å². The van der Waals surface area contributed by atoms with E-state index < -0.39 is 0 Å². The van der Waals surface area contributed by atoms with Gasteiger partial charge in [0.2, 0.25) is 0 Å². The number of carbonyl (C=O) groups is 1. The highest BCUT2D eigenvalue weighted by molar-refractivity contribution is 5.77. The van der Waals surface area contributed by atoms with Crippen LogP contribution in [-0.2, 0) is 4.79 Å². The van der Waals surface area contributed by atoms with E-state index >= 15 is 0 Å². The second-order valence-corrected chi connectivity index (χ2v) is 4.61. The fourth-order valence-corrected chi connectivity index (χ4v) is 1.96. The summed E-state index contributed by atoms with van der Waals surface area (Å²) in [6.45, 7) is 4.34. The summed E-state index contributed by atoms with van der Waals surface area (Å²) < 4.78 is 5.44. The van der Waals surface area contributed by atoms with Crippen molar-refractivity contribution in [2.24, 2.45) is 0 Å². The first-order valence-corrected chi connectivity index (χ1v) is 6.14. The maximum atomic E-state index is 10.9. The van der Waals surface area contributed by atoms with Crippen LogP contribution in [-0.4, -0.2) is 24.4 Å². The Morgan fingerprint density at radius 3 is 2.94 bits per heavy atom. The molecule has 0 bridgehead atoms. The van der Waals surface area contributed by atoms with Crippen molar-refractivity contribution in [2.45, 2.75) is 26.7 Å². The van der Waals surface area contributed by atoms with Gasteiger partial charge in [-0.05, 0) is 31.5 Å². The van der Waals surface area contributed by atoms with Gasteiger partial charge in [0.05, 0.1) is 0 Å². The van der Waals surface area contributed by atoms with Gasteiger partial charge < -0.3 is 14.1 Å². The molecule has 0 atom stereocenters. The molecule has 0 N–H and O–H groups in total. The zero-order valence-electron chi connectivity index (χ0n) is 11.1. The minimum Gasteiger partial charge on any atom is -0.441 e. The number of anilines is 1. The van der Waals surface area contributed by atoms with Crippen LogP contribution in [0.5, 0.6) is 0 Å². The van der Waals surface area contributed by atoms with Crippen molar-refractivity contribution in [2.75, 3.05) is 18.5 Å². The number of carbonyl (C=O) groups excluding carboxylic acids is 1. The number of aryl methyl sites for hydroxylation is 1. The average molecular weight is 246 g/mol. The maximum Gasteiger partial charge on any atom is 0.192 e. The molecule has 4 heteroatoms. The minimum absolute atomic E-state index is 0.242. The Hall–Kier alpha value is -1.84. The van der Waals surface area contributed by atoms with E-state index in [9.17, 15) is 4.79 Å². The molecule has 1 heterocycles. The average Bonchev–Trinajstić information content (AvgIpc) is 2.67. The summed E-state index contributed by atoms with van der Waals surface area (Å²) in [5.41, 5.74) is 2.79. The lowest BCUT2D eigenvalue weighted by atomic mass is 10.2. The van der Waals surface area contributed by atoms with Gasteiger partial charge in [-0.2, -0.15) is 0 Å². The third kappa shape index (κ3) is 2.88. The summed E-state index contributed by atoms with van der Waals surface area (Å²) in [5.74, 6) is 0.923. The molecule has 0 aliphatic rings. The van der Waals surface area contributed by atoms with Gasteiger partial charge in [-0.1, -0.05) is 0 Å². The Balaban J connectivity index is 2.07. The molecule has 0 saturated carbocycles. The fourth-order valence-electron chi connectivity index (χ4n) is 1.96. The van der Waals surface area contributed by atoms with Crippen LogP contribution in [0.3, 0.4) is 0 Å². The second kappa shape index (κ2) is 5.21. The van der Waals surface area contributed by atoms with E-state index in [1.165, 1.54) is 0 Å². The van der Waals surface area contributed by atoms with Crippen molar-refractivity contribution in [1.29, 1.82) is 0 Å². The molecule has 4 nitrogen and oxygen atoms in total. The maximum absolute atomic E-state index is 10.9. The first kappa shape index (κ1) is 12.6. The highest BCUT2D eigenvalue weighted by Crippen LogP contribution is 2.22. The van der Waals surface area contributed by atoms with Gasteiger partial charge in [-0.15, -0.1) is 0 Å². The van der Waals surface area contributed by atoms with Crippen molar-refractivity contribution in [3.8, 4) is 0 Å². The summed E-state index contributed by atoms with van der Waals surface area (Å²) in [6.07, 6.45) is 1.51. The highest BCUT2D eigenvalue weighted by Gasteiger charge is 2.06. The zero-order chi connectivity index (χ0) is 13.1. The molecule has 2 rings (SSSR count). The number of benzene rings is 1. The van der Waals surface area contributed by atoms with E-state index in [-0.39, 0.29) is 5.78 Å². The van der Waals surface area contributed by atoms with Crippen molar-refractivity contribution >= 4 is 22.6 Å². The Bertz CT molecular complexity index is 560. The van der Waals surface area contributed by atoms with Gasteiger partial charge in [0, 0.05) is 32.6 Å². The van der Waals surface area contributed by atoms with Gasteiger partial charge in [0.25, 0.3) is 0 Å².